The zero-order valence-electron chi connectivity index (χ0n) is 15.1. The monoisotopic (exact) mass is 340 g/mol. The summed E-state index contributed by atoms with van der Waals surface area (Å²) in [6.45, 7) is 3.49. The van der Waals surface area contributed by atoms with Gasteiger partial charge >= 0.3 is 0 Å². The predicted molar refractivity (Wildman–Crippen MR) is 99.4 cm³/mol. The average molecular weight is 340 g/mol. The van der Waals surface area contributed by atoms with Crippen molar-refractivity contribution in [2.75, 3.05) is 33.3 Å². The van der Waals surface area contributed by atoms with E-state index in [1.165, 1.54) is 5.56 Å². The molecular formula is C21H28N2O2. The van der Waals surface area contributed by atoms with Crippen LogP contribution in [0.15, 0.2) is 24.3 Å². The Kier molecular flexibility index (Phi) is 5.99. The van der Waals surface area contributed by atoms with Crippen molar-refractivity contribution in [3.05, 3.63) is 29.8 Å². The fraction of sp³-hybridized carbons (Fsp3) is 0.571. The number of carbonyl (C=O) groups excluding carboxylic acids is 1. The molecular weight excluding hydrogens is 312 g/mol. The molecule has 0 bridgehead atoms. The lowest BCUT2D eigenvalue weighted by atomic mass is 9.94. The molecule has 1 atom stereocenters. The van der Waals surface area contributed by atoms with E-state index in [4.69, 9.17) is 11.2 Å². The third-order valence-corrected chi connectivity index (χ3v) is 5.54. The molecule has 2 fully saturated rings. The number of ether oxygens (including phenoxy) is 1. The van der Waals surface area contributed by atoms with E-state index >= 15 is 0 Å². The van der Waals surface area contributed by atoms with E-state index in [0.717, 1.165) is 57.5 Å². The highest BCUT2D eigenvalue weighted by Gasteiger charge is 2.34. The van der Waals surface area contributed by atoms with E-state index in [9.17, 15) is 4.79 Å². The van der Waals surface area contributed by atoms with Gasteiger partial charge in [-0.1, -0.05) is 18.1 Å². The second kappa shape index (κ2) is 8.40. The summed E-state index contributed by atoms with van der Waals surface area (Å²) in [6.07, 6.45) is 10.4. The molecule has 1 aromatic rings. The summed E-state index contributed by atoms with van der Waals surface area (Å²) in [5, 5.41) is 0. The van der Waals surface area contributed by atoms with Crippen LogP contribution in [0.2, 0.25) is 0 Å². The van der Waals surface area contributed by atoms with Crippen molar-refractivity contribution >= 4 is 5.91 Å². The van der Waals surface area contributed by atoms with Crippen LogP contribution < -0.4 is 4.74 Å². The molecule has 1 aromatic carbocycles. The Labute approximate surface area is 151 Å². The van der Waals surface area contributed by atoms with Crippen molar-refractivity contribution in [2.24, 2.45) is 5.92 Å². The van der Waals surface area contributed by atoms with Crippen molar-refractivity contribution in [3.63, 3.8) is 0 Å². The quantitative estimate of drug-likeness (QED) is 0.773. The molecule has 0 radical (unpaired) electrons. The van der Waals surface area contributed by atoms with Crippen molar-refractivity contribution in [1.29, 1.82) is 0 Å². The van der Waals surface area contributed by atoms with Gasteiger partial charge in [-0.2, -0.15) is 0 Å². The molecule has 2 aliphatic heterocycles. The minimum Gasteiger partial charge on any atom is -0.497 e. The number of hydrogen-bond donors (Lipinski definition) is 0. The van der Waals surface area contributed by atoms with Gasteiger partial charge in [0.25, 0.3) is 0 Å². The largest absolute Gasteiger partial charge is 0.497 e. The summed E-state index contributed by atoms with van der Waals surface area (Å²) in [7, 11) is 1.68. The second-order valence-electron chi connectivity index (χ2n) is 7.13. The van der Waals surface area contributed by atoms with Gasteiger partial charge in [-0.3, -0.25) is 9.69 Å². The fourth-order valence-corrected chi connectivity index (χ4v) is 4.07. The standard InChI is InChI=1S/C21H28N2O2/c1-3-12-22-14-10-18(11-15-22)21(24)23-13-4-5-19(23)16-17-6-8-20(25-2)9-7-17/h1,6-9,18-19H,4-5,10-16H2,2H3/t19-/m0/s1. The molecule has 0 saturated carbocycles. The molecule has 3 rings (SSSR count). The van der Waals surface area contributed by atoms with Gasteiger partial charge in [0.05, 0.1) is 13.7 Å². The summed E-state index contributed by atoms with van der Waals surface area (Å²) in [5.74, 6) is 4.11. The third kappa shape index (κ3) is 4.35. The number of terminal acetylenes is 1. The van der Waals surface area contributed by atoms with E-state index < -0.39 is 0 Å². The first kappa shape index (κ1) is 17.8. The highest BCUT2D eigenvalue weighted by atomic mass is 16.5. The molecule has 4 nitrogen and oxygen atoms in total. The first-order valence-corrected chi connectivity index (χ1v) is 9.30. The second-order valence-corrected chi connectivity index (χ2v) is 7.13. The maximum Gasteiger partial charge on any atom is 0.226 e. The van der Waals surface area contributed by atoms with E-state index in [0.29, 0.717) is 18.5 Å². The van der Waals surface area contributed by atoms with Gasteiger partial charge in [-0.15, -0.1) is 6.42 Å². The molecule has 1 amide bonds. The minimum atomic E-state index is 0.172. The van der Waals surface area contributed by atoms with Gasteiger partial charge in [-0.05, 0) is 62.9 Å². The summed E-state index contributed by atoms with van der Waals surface area (Å²) in [4.78, 5) is 17.4. The van der Waals surface area contributed by atoms with Gasteiger partial charge in [0.1, 0.15) is 5.75 Å². The van der Waals surface area contributed by atoms with Gasteiger partial charge < -0.3 is 9.64 Å². The highest BCUT2D eigenvalue weighted by molar-refractivity contribution is 5.79. The molecule has 25 heavy (non-hydrogen) atoms. The number of hydrogen-bond acceptors (Lipinski definition) is 3. The summed E-state index contributed by atoms with van der Waals surface area (Å²) in [5.41, 5.74) is 1.27. The van der Waals surface area contributed by atoms with E-state index in [1.807, 2.05) is 12.1 Å². The third-order valence-electron chi connectivity index (χ3n) is 5.54. The first-order valence-electron chi connectivity index (χ1n) is 9.30. The maximum atomic E-state index is 13.0. The average Bonchev–Trinajstić information content (AvgIpc) is 3.11. The number of carbonyl (C=O) groups is 1. The predicted octanol–water partition coefficient (Wildman–Crippen LogP) is 2.57. The number of methoxy groups -OCH3 is 1. The topological polar surface area (TPSA) is 32.8 Å². The Morgan fingerprint density at radius 1 is 1.20 bits per heavy atom. The molecule has 134 valence electrons. The smallest absolute Gasteiger partial charge is 0.226 e. The first-order chi connectivity index (χ1) is 12.2. The molecule has 2 aliphatic rings. The van der Waals surface area contributed by atoms with Crippen LogP contribution in [0.4, 0.5) is 0 Å². The maximum absolute atomic E-state index is 13.0. The van der Waals surface area contributed by atoms with Crippen molar-refractivity contribution in [1.82, 2.24) is 9.80 Å². The van der Waals surface area contributed by atoms with Gasteiger partial charge in [-0.25, -0.2) is 0 Å². The lowest BCUT2D eigenvalue weighted by Crippen LogP contribution is -2.45. The highest BCUT2D eigenvalue weighted by Crippen LogP contribution is 2.27. The van der Waals surface area contributed by atoms with Crippen LogP contribution >= 0.6 is 0 Å². The summed E-state index contributed by atoms with van der Waals surface area (Å²) in [6, 6.07) is 8.55. The van der Waals surface area contributed by atoms with E-state index in [-0.39, 0.29) is 5.92 Å². The molecule has 4 heteroatoms. The van der Waals surface area contributed by atoms with E-state index in [2.05, 4.69) is 27.9 Å². The van der Waals surface area contributed by atoms with Crippen molar-refractivity contribution in [2.45, 2.75) is 38.1 Å². The van der Waals surface area contributed by atoms with Crippen LogP contribution in [0, 0.1) is 18.3 Å². The van der Waals surface area contributed by atoms with Crippen LogP contribution in [-0.4, -0.2) is 55.0 Å². The van der Waals surface area contributed by atoms with Gasteiger partial charge in [0.2, 0.25) is 5.91 Å². The molecule has 0 N–H and O–H groups in total. The van der Waals surface area contributed by atoms with Crippen LogP contribution in [0.5, 0.6) is 5.75 Å². The van der Waals surface area contributed by atoms with Crippen LogP contribution in [0.3, 0.4) is 0 Å². The van der Waals surface area contributed by atoms with Crippen molar-refractivity contribution in [3.8, 4) is 18.1 Å². The molecule has 0 aromatic heterocycles. The minimum absolute atomic E-state index is 0.172. The molecule has 0 unspecified atom stereocenters. The fourth-order valence-electron chi connectivity index (χ4n) is 4.07. The lowest BCUT2D eigenvalue weighted by Gasteiger charge is -2.34. The number of benzene rings is 1. The van der Waals surface area contributed by atoms with E-state index in [1.54, 1.807) is 7.11 Å². The number of nitrogens with zero attached hydrogens (tertiary/aromatic N) is 2. The Morgan fingerprint density at radius 2 is 1.92 bits per heavy atom. The van der Waals surface area contributed by atoms with Gasteiger partial charge in [0.15, 0.2) is 0 Å². The molecule has 0 aliphatic carbocycles. The van der Waals surface area contributed by atoms with Crippen molar-refractivity contribution < 1.29 is 9.53 Å². The lowest BCUT2D eigenvalue weighted by molar-refractivity contribution is -0.137. The number of rotatable bonds is 5. The van der Waals surface area contributed by atoms with Gasteiger partial charge in [0, 0.05) is 18.5 Å². The zero-order valence-corrected chi connectivity index (χ0v) is 15.1. The summed E-state index contributed by atoms with van der Waals surface area (Å²) < 4.78 is 5.22. The number of piperidine rings is 1. The molecule has 0 spiro atoms. The van der Waals surface area contributed by atoms with Crippen LogP contribution in [0.25, 0.3) is 0 Å². The normalized spacial score (nSPS) is 21.9. The number of likely N-dealkylation sites (tertiary alicyclic amines) is 2. The zero-order chi connectivity index (χ0) is 17.6. The number of amides is 1. The molecule has 2 heterocycles. The Morgan fingerprint density at radius 3 is 2.56 bits per heavy atom. The van der Waals surface area contributed by atoms with Crippen LogP contribution in [0.1, 0.15) is 31.2 Å². The van der Waals surface area contributed by atoms with Crippen LogP contribution in [-0.2, 0) is 11.2 Å². The Bertz CT molecular complexity index is 612. The Balaban J connectivity index is 1.57. The molecule has 2 saturated heterocycles. The summed E-state index contributed by atoms with van der Waals surface area (Å²) >= 11 is 0. The Hall–Kier alpha value is -1.99. The SMILES string of the molecule is C#CCN1CCC(C(=O)N2CCC[C@H]2Cc2ccc(OC)cc2)CC1.